The summed E-state index contributed by atoms with van der Waals surface area (Å²) in [4.78, 5) is 19.9. The zero-order valence-corrected chi connectivity index (χ0v) is 15.5. The minimum absolute atomic E-state index is 0.197. The largest absolute Gasteiger partial charge is 0.416 e. The number of fused-ring (bicyclic) bond motifs is 1. The molecule has 5 nitrogen and oxygen atoms in total. The molecule has 1 aliphatic heterocycles. The van der Waals surface area contributed by atoms with Crippen molar-refractivity contribution in [1.82, 2.24) is 19.4 Å². The Kier molecular flexibility index (Phi) is 4.72. The molecule has 2 N–H and O–H groups in total. The second kappa shape index (κ2) is 7.06. The molecule has 0 amide bonds. The molecular weight excluding hydrogens is 389 g/mol. The monoisotopic (exact) mass is 406 g/mol. The normalized spacial score (nSPS) is 14.8. The number of aromatic amines is 2. The van der Waals surface area contributed by atoms with Gasteiger partial charge >= 0.3 is 6.18 Å². The highest BCUT2D eigenvalue weighted by Crippen LogP contribution is 2.30. The number of benzene rings is 1. The van der Waals surface area contributed by atoms with Crippen LogP contribution in [0.1, 0.15) is 22.5 Å². The minimum atomic E-state index is -4.39. The van der Waals surface area contributed by atoms with E-state index >= 15 is 0 Å². The van der Waals surface area contributed by atoms with Crippen molar-refractivity contribution in [2.24, 2.45) is 0 Å². The van der Waals surface area contributed by atoms with Crippen LogP contribution in [0.4, 0.5) is 13.2 Å². The topological polar surface area (TPSA) is 56.8 Å². The van der Waals surface area contributed by atoms with Crippen LogP contribution >= 0.6 is 12.2 Å². The van der Waals surface area contributed by atoms with E-state index in [4.69, 9.17) is 12.2 Å². The molecule has 0 unspecified atom stereocenters. The molecule has 2 aromatic heterocycles. The lowest BCUT2D eigenvalue weighted by Crippen LogP contribution is -2.35. The summed E-state index contributed by atoms with van der Waals surface area (Å²) < 4.78 is 41.1. The summed E-state index contributed by atoms with van der Waals surface area (Å²) in [5.74, 6) is 0. The first-order valence-corrected chi connectivity index (χ1v) is 9.12. The molecule has 0 saturated heterocycles. The van der Waals surface area contributed by atoms with E-state index in [0.717, 1.165) is 30.1 Å². The van der Waals surface area contributed by atoms with E-state index in [1.807, 2.05) is 6.07 Å². The maximum atomic E-state index is 13.0. The second-order valence-corrected chi connectivity index (χ2v) is 7.15. The maximum Gasteiger partial charge on any atom is 0.416 e. The SMILES string of the molecule is O=c1[nH]c(=S)[nH]c2c1CN(Cc1cccn1-c1cccc(C(F)(F)F)c1)CC2. The fourth-order valence-electron chi connectivity index (χ4n) is 3.51. The van der Waals surface area contributed by atoms with Gasteiger partial charge in [0.25, 0.3) is 5.56 Å². The van der Waals surface area contributed by atoms with Gasteiger partial charge in [0.1, 0.15) is 0 Å². The van der Waals surface area contributed by atoms with Crippen molar-refractivity contribution >= 4 is 12.2 Å². The Bertz CT molecular complexity index is 1130. The van der Waals surface area contributed by atoms with Gasteiger partial charge in [-0.3, -0.25) is 14.7 Å². The molecule has 0 spiro atoms. The lowest BCUT2D eigenvalue weighted by molar-refractivity contribution is -0.137. The van der Waals surface area contributed by atoms with E-state index in [1.54, 1.807) is 22.9 Å². The number of alkyl halides is 3. The van der Waals surface area contributed by atoms with Crippen molar-refractivity contribution in [3.05, 3.63) is 80.2 Å². The number of rotatable bonds is 3. The fourth-order valence-corrected chi connectivity index (χ4v) is 3.72. The second-order valence-electron chi connectivity index (χ2n) is 6.74. The number of hydrogen-bond acceptors (Lipinski definition) is 3. The van der Waals surface area contributed by atoms with Crippen LogP contribution < -0.4 is 5.56 Å². The van der Waals surface area contributed by atoms with Gasteiger partial charge in [-0.2, -0.15) is 13.2 Å². The number of halogens is 3. The highest BCUT2D eigenvalue weighted by molar-refractivity contribution is 7.71. The van der Waals surface area contributed by atoms with Crippen molar-refractivity contribution in [3.63, 3.8) is 0 Å². The van der Waals surface area contributed by atoms with E-state index in [9.17, 15) is 18.0 Å². The molecule has 0 radical (unpaired) electrons. The number of aromatic nitrogens is 3. The van der Waals surface area contributed by atoms with Crippen LogP contribution in [0.3, 0.4) is 0 Å². The molecule has 1 aliphatic rings. The molecular formula is C19H17F3N4OS. The maximum absolute atomic E-state index is 13.0. The van der Waals surface area contributed by atoms with Crippen LogP contribution in [-0.4, -0.2) is 26.0 Å². The van der Waals surface area contributed by atoms with Gasteiger partial charge in [-0.25, -0.2) is 0 Å². The summed E-state index contributed by atoms with van der Waals surface area (Å²) in [6.45, 7) is 1.68. The third-order valence-electron chi connectivity index (χ3n) is 4.86. The number of hydrogen-bond donors (Lipinski definition) is 2. The molecule has 146 valence electrons. The van der Waals surface area contributed by atoms with Crippen molar-refractivity contribution < 1.29 is 13.2 Å². The quantitative estimate of drug-likeness (QED) is 0.651. The Balaban J connectivity index is 1.59. The summed E-state index contributed by atoms with van der Waals surface area (Å²) in [7, 11) is 0. The summed E-state index contributed by atoms with van der Waals surface area (Å²) in [5, 5.41) is 0. The number of nitrogens with zero attached hydrogens (tertiary/aromatic N) is 2. The van der Waals surface area contributed by atoms with E-state index in [1.165, 1.54) is 6.07 Å². The van der Waals surface area contributed by atoms with Crippen molar-refractivity contribution in [1.29, 1.82) is 0 Å². The lowest BCUT2D eigenvalue weighted by atomic mass is 10.1. The molecule has 28 heavy (non-hydrogen) atoms. The van der Waals surface area contributed by atoms with Crippen molar-refractivity contribution in [2.75, 3.05) is 6.54 Å². The predicted octanol–water partition coefficient (Wildman–Crippen LogP) is 3.80. The van der Waals surface area contributed by atoms with Crippen LogP contribution in [0, 0.1) is 4.77 Å². The number of nitrogens with one attached hydrogen (secondary N) is 2. The van der Waals surface area contributed by atoms with Crippen LogP contribution in [0.2, 0.25) is 0 Å². The molecule has 3 heterocycles. The Morgan fingerprint density at radius 2 is 1.96 bits per heavy atom. The molecule has 3 aromatic rings. The highest BCUT2D eigenvalue weighted by Gasteiger charge is 2.30. The van der Waals surface area contributed by atoms with Gasteiger partial charge in [-0.15, -0.1) is 0 Å². The molecule has 0 saturated carbocycles. The Hall–Kier alpha value is -2.65. The Morgan fingerprint density at radius 3 is 2.75 bits per heavy atom. The summed E-state index contributed by atoms with van der Waals surface area (Å²) in [6.07, 6.45) is -1.99. The van der Waals surface area contributed by atoms with Crippen molar-refractivity contribution in [3.8, 4) is 5.69 Å². The average Bonchev–Trinajstić information content (AvgIpc) is 3.10. The predicted molar refractivity (Wildman–Crippen MR) is 101 cm³/mol. The van der Waals surface area contributed by atoms with Crippen LogP contribution in [0.5, 0.6) is 0 Å². The van der Waals surface area contributed by atoms with Gasteiger partial charge in [0.05, 0.1) is 11.1 Å². The summed E-state index contributed by atoms with van der Waals surface area (Å²) in [6, 6.07) is 8.93. The van der Waals surface area contributed by atoms with Crippen LogP contribution in [0.15, 0.2) is 47.4 Å². The summed E-state index contributed by atoms with van der Waals surface area (Å²) in [5.41, 5.74) is 1.92. The molecule has 4 rings (SSSR count). The average molecular weight is 406 g/mol. The zero-order valence-electron chi connectivity index (χ0n) is 14.7. The van der Waals surface area contributed by atoms with Gasteiger partial charge in [0.15, 0.2) is 4.77 Å². The first-order valence-electron chi connectivity index (χ1n) is 8.72. The fraction of sp³-hybridized carbons (Fsp3) is 0.263. The summed E-state index contributed by atoms with van der Waals surface area (Å²) >= 11 is 5.01. The van der Waals surface area contributed by atoms with E-state index in [0.29, 0.717) is 35.5 Å². The third-order valence-corrected chi connectivity index (χ3v) is 5.06. The third kappa shape index (κ3) is 3.67. The van der Waals surface area contributed by atoms with E-state index in [2.05, 4.69) is 14.9 Å². The van der Waals surface area contributed by atoms with Crippen LogP contribution in [0.25, 0.3) is 5.69 Å². The van der Waals surface area contributed by atoms with Gasteiger partial charge in [0.2, 0.25) is 0 Å². The standard InChI is InChI=1S/C19H17F3N4OS/c20-19(21,22)12-3-1-4-13(9-12)26-7-2-5-14(26)10-25-8-6-16-15(11-25)17(27)24-18(28)23-16/h1-5,7,9H,6,8,10-11H2,(H2,23,24,27,28). The number of H-pyrrole nitrogens is 2. The van der Waals surface area contributed by atoms with Gasteiger partial charge < -0.3 is 9.55 Å². The molecule has 0 aliphatic carbocycles. The van der Waals surface area contributed by atoms with Crippen molar-refractivity contribution in [2.45, 2.75) is 25.7 Å². The molecule has 0 bridgehead atoms. The van der Waals surface area contributed by atoms with E-state index in [-0.39, 0.29) is 5.56 Å². The first kappa shape index (κ1) is 18.7. The first-order chi connectivity index (χ1) is 13.3. The Labute approximate surface area is 163 Å². The molecule has 1 aromatic carbocycles. The molecule has 9 heteroatoms. The van der Waals surface area contributed by atoms with E-state index < -0.39 is 11.7 Å². The lowest BCUT2D eigenvalue weighted by Gasteiger charge is -2.28. The van der Waals surface area contributed by atoms with Gasteiger partial charge in [-0.05, 0) is 42.5 Å². The van der Waals surface area contributed by atoms with Crippen LogP contribution in [-0.2, 0) is 25.7 Å². The molecule has 0 atom stereocenters. The zero-order chi connectivity index (χ0) is 19.9. The highest BCUT2D eigenvalue weighted by atomic mass is 32.1. The molecule has 0 fully saturated rings. The van der Waals surface area contributed by atoms with Gasteiger partial charge in [-0.1, -0.05) is 6.07 Å². The smallest absolute Gasteiger partial charge is 0.335 e. The minimum Gasteiger partial charge on any atom is -0.335 e. The Morgan fingerprint density at radius 1 is 1.14 bits per heavy atom. The van der Waals surface area contributed by atoms with Gasteiger partial charge in [0, 0.05) is 49.3 Å².